The van der Waals surface area contributed by atoms with E-state index in [1.165, 1.54) is 10.8 Å². The molecule has 0 amide bonds. The molecule has 108 valence electrons. The van der Waals surface area contributed by atoms with Crippen LogP contribution in [0.25, 0.3) is 0 Å². The van der Waals surface area contributed by atoms with Gasteiger partial charge in [-0.2, -0.15) is 0 Å². The molecule has 0 radical (unpaired) electrons. The van der Waals surface area contributed by atoms with Crippen LogP contribution in [0, 0.1) is 6.92 Å². The van der Waals surface area contributed by atoms with Crippen molar-refractivity contribution in [2.75, 3.05) is 18.1 Å². The maximum atomic E-state index is 11.5. The number of unbranched alkanes of at least 4 members (excludes halogenated alkanes) is 1. The molecule has 1 aromatic heterocycles. The number of hydrogen-bond donors (Lipinski definition) is 1. The zero-order chi connectivity index (χ0) is 14.3. The normalized spacial score (nSPS) is 12.5. The van der Waals surface area contributed by atoms with Gasteiger partial charge >= 0.3 is 5.69 Å². The standard InChI is InChI=1S/C12H20N2O4S/c1-3-4-6-19(17)7-5-18-9-14-8-10(2)11(15)13-12(14)16/h8H,3-7,9H2,1-2H3,(H,13,15,16). The summed E-state index contributed by atoms with van der Waals surface area (Å²) in [6, 6.07) is 0. The predicted molar refractivity (Wildman–Crippen MR) is 74.8 cm³/mol. The molecule has 1 aromatic rings. The number of rotatable bonds is 8. The van der Waals surface area contributed by atoms with Crippen molar-refractivity contribution in [3.05, 3.63) is 32.6 Å². The van der Waals surface area contributed by atoms with Crippen molar-refractivity contribution in [3.63, 3.8) is 0 Å². The van der Waals surface area contributed by atoms with Gasteiger partial charge in [-0.25, -0.2) is 4.79 Å². The van der Waals surface area contributed by atoms with E-state index in [4.69, 9.17) is 4.74 Å². The van der Waals surface area contributed by atoms with Crippen molar-refractivity contribution in [2.24, 2.45) is 0 Å². The lowest BCUT2D eigenvalue weighted by atomic mass is 10.4. The third-order valence-electron chi connectivity index (χ3n) is 2.60. The lowest BCUT2D eigenvalue weighted by Crippen LogP contribution is -2.31. The fourth-order valence-electron chi connectivity index (χ4n) is 1.44. The molecular weight excluding hydrogens is 268 g/mol. The van der Waals surface area contributed by atoms with Crippen LogP contribution < -0.4 is 11.2 Å². The Morgan fingerprint density at radius 3 is 2.79 bits per heavy atom. The van der Waals surface area contributed by atoms with Gasteiger partial charge in [-0.05, 0) is 13.3 Å². The molecule has 0 bridgehead atoms. The Balaban J connectivity index is 2.38. The molecule has 0 aliphatic carbocycles. The first kappa shape index (κ1) is 15.8. The minimum atomic E-state index is -0.861. The van der Waals surface area contributed by atoms with Crippen LogP contribution in [-0.2, 0) is 22.3 Å². The van der Waals surface area contributed by atoms with Gasteiger partial charge in [0.2, 0.25) is 0 Å². The zero-order valence-electron chi connectivity index (χ0n) is 11.3. The van der Waals surface area contributed by atoms with Gasteiger partial charge in [0.05, 0.1) is 6.61 Å². The van der Waals surface area contributed by atoms with Crippen molar-refractivity contribution in [3.8, 4) is 0 Å². The smallest absolute Gasteiger partial charge is 0.330 e. The molecule has 0 aliphatic rings. The molecule has 6 nitrogen and oxygen atoms in total. The van der Waals surface area contributed by atoms with E-state index in [9.17, 15) is 13.8 Å². The molecular formula is C12H20N2O4S. The van der Waals surface area contributed by atoms with E-state index in [0.29, 0.717) is 23.7 Å². The maximum Gasteiger partial charge on any atom is 0.330 e. The van der Waals surface area contributed by atoms with E-state index < -0.39 is 16.5 Å². The highest BCUT2D eigenvalue weighted by atomic mass is 32.2. The second kappa shape index (κ2) is 8.06. The fraction of sp³-hybridized carbons (Fsp3) is 0.667. The number of aromatic amines is 1. The zero-order valence-corrected chi connectivity index (χ0v) is 12.1. The highest BCUT2D eigenvalue weighted by Crippen LogP contribution is 1.93. The summed E-state index contributed by atoms with van der Waals surface area (Å²) in [6.07, 6.45) is 3.43. The van der Waals surface area contributed by atoms with Crippen molar-refractivity contribution in [2.45, 2.75) is 33.4 Å². The van der Waals surface area contributed by atoms with E-state index in [-0.39, 0.29) is 12.3 Å². The second-order valence-corrected chi connectivity index (χ2v) is 5.98. The molecule has 0 spiro atoms. The summed E-state index contributed by atoms with van der Waals surface area (Å²) < 4.78 is 18.1. The molecule has 0 saturated carbocycles. The van der Waals surface area contributed by atoms with Gasteiger partial charge in [0.15, 0.2) is 0 Å². The van der Waals surface area contributed by atoms with E-state index >= 15 is 0 Å². The Morgan fingerprint density at radius 1 is 1.37 bits per heavy atom. The van der Waals surface area contributed by atoms with Gasteiger partial charge in [0.25, 0.3) is 5.56 Å². The quantitative estimate of drug-likeness (QED) is 0.701. The van der Waals surface area contributed by atoms with Crippen LogP contribution in [0.1, 0.15) is 25.3 Å². The molecule has 1 unspecified atom stereocenters. The minimum Gasteiger partial charge on any atom is -0.360 e. The van der Waals surface area contributed by atoms with Crippen LogP contribution in [0.4, 0.5) is 0 Å². The molecule has 7 heteroatoms. The largest absolute Gasteiger partial charge is 0.360 e. The first-order chi connectivity index (χ1) is 9.04. The average Bonchev–Trinajstić information content (AvgIpc) is 2.37. The Labute approximate surface area is 114 Å². The maximum absolute atomic E-state index is 11.5. The predicted octanol–water partition coefficient (Wildman–Crippen LogP) is 0.368. The topological polar surface area (TPSA) is 81.2 Å². The van der Waals surface area contributed by atoms with Crippen molar-refractivity contribution in [1.82, 2.24) is 9.55 Å². The van der Waals surface area contributed by atoms with E-state index in [1.807, 2.05) is 0 Å². The van der Waals surface area contributed by atoms with Crippen molar-refractivity contribution in [1.29, 1.82) is 0 Å². The van der Waals surface area contributed by atoms with Gasteiger partial charge in [-0.1, -0.05) is 13.3 Å². The molecule has 1 heterocycles. The second-order valence-electron chi connectivity index (χ2n) is 4.28. The van der Waals surface area contributed by atoms with Crippen LogP contribution in [0.5, 0.6) is 0 Å². The SMILES string of the molecule is CCCCS(=O)CCOCn1cc(C)c(=O)[nH]c1=O. The molecule has 1 N–H and O–H groups in total. The monoisotopic (exact) mass is 288 g/mol. The summed E-state index contributed by atoms with van der Waals surface area (Å²) in [5.74, 6) is 1.16. The summed E-state index contributed by atoms with van der Waals surface area (Å²) in [5.41, 5.74) is -0.431. The van der Waals surface area contributed by atoms with Gasteiger partial charge in [0, 0.05) is 34.1 Å². The highest BCUT2D eigenvalue weighted by Gasteiger charge is 2.02. The number of nitrogens with one attached hydrogen (secondary N) is 1. The Hall–Kier alpha value is -1.21. The van der Waals surface area contributed by atoms with E-state index in [1.54, 1.807) is 6.92 Å². The number of aryl methyl sites for hydroxylation is 1. The Kier molecular flexibility index (Phi) is 6.72. The first-order valence-corrected chi connectivity index (χ1v) is 7.76. The molecule has 1 atom stereocenters. The molecule has 0 aliphatic heterocycles. The van der Waals surface area contributed by atoms with Crippen LogP contribution in [0.15, 0.2) is 15.8 Å². The van der Waals surface area contributed by atoms with Crippen molar-refractivity contribution >= 4 is 10.8 Å². The van der Waals surface area contributed by atoms with Crippen molar-refractivity contribution < 1.29 is 8.95 Å². The third kappa shape index (κ3) is 5.52. The van der Waals surface area contributed by atoms with E-state index in [0.717, 1.165) is 12.8 Å². The van der Waals surface area contributed by atoms with E-state index in [2.05, 4.69) is 11.9 Å². The van der Waals surface area contributed by atoms with Crippen LogP contribution in [-0.4, -0.2) is 31.9 Å². The van der Waals surface area contributed by atoms with Gasteiger partial charge in [-0.3, -0.25) is 18.6 Å². The summed E-state index contributed by atoms with van der Waals surface area (Å²) in [7, 11) is -0.861. The van der Waals surface area contributed by atoms with Crippen LogP contribution in [0.2, 0.25) is 0 Å². The Bertz CT molecular complexity index is 535. The van der Waals surface area contributed by atoms with Gasteiger partial charge < -0.3 is 4.74 Å². The number of ether oxygens (including phenoxy) is 1. The molecule has 0 saturated heterocycles. The highest BCUT2D eigenvalue weighted by molar-refractivity contribution is 7.84. The number of aromatic nitrogens is 2. The summed E-state index contributed by atoms with van der Waals surface area (Å²) in [4.78, 5) is 24.8. The lowest BCUT2D eigenvalue weighted by molar-refractivity contribution is 0.0858. The third-order valence-corrected chi connectivity index (χ3v) is 3.97. The van der Waals surface area contributed by atoms with Gasteiger partial charge in [0.1, 0.15) is 6.73 Å². The van der Waals surface area contributed by atoms with Crippen LogP contribution >= 0.6 is 0 Å². The summed E-state index contributed by atoms with van der Waals surface area (Å²) in [6.45, 7) is 4.07. The average molecular weight is 288 g/mol. The molecule has 19 heavy (non-hydrogen) atoms. The minimum absolute atomic E-state index is 0.0570. The summed E-state index contributed by atoms with van der Waals surface area (Å²) >= 11 is 0. The first-order valence-electron chi connectivity index (χ1n) is 6.27. The number of hydrogen-bond acceptors (Lipinski definition) is 4. The molecule has 0 fully saturated rings. The molecule has 1 rings (SSSR count). The van der Waals surface area contributed by atoms with Crippen LogP contribution in [0.3, 0.4) is 0 Å². The Morgan fingerprint density at radius 2 is 2.11 bits per heavy atom. The number of H-pyrrole nitrogens is 1. The van der Waals surface area contributed by atoms with Gasteiger partial charge in [-0.15, -0.1) is 0 Å². The summed E-state index contributed by atoms with van der Waals surface area (Å²) in [5, 5.41) is 0. The lowest BCUT2D eigenvalue weighted by Gasteiger charge is -2.07. The molecule has 0 aromatic carbocycles. The number of nitrogens with zero attached hydrogens (tertiary/aromatic N) is 1. The fourth-order valence-corrected chi connectivity index (χ4v) is 2.56.